The molecule has 7 heteroatoms. The average molecular weight is 347 g/mol. The monoisotopic (exact) mass is 347 g/mol. The predicted octanol–water partition coefficient (Wildman–Crippen LogP) is 4.60. The molecule has 128 valence electrons. The van der Waals surface area contributed by atoms with Crippen LogP contribution in [0.1, 0.15) is 11.3 Å². The molecule has 0 aliphatic carbocycles. The van der Waals surface area contributed by atoms with Crippen molar-refractivity contribution in [1.29, 1.82) is 5.26 Å². The number of carbonyl (C=O) groups is 1. The molecular weight excluding hydrogens is 335 g/mol. The van der Waals surface area contributed by atoms with E-state index in [1.807, 2.05) is 0 Å². The van der Waals surface area contributed by atoms with E-state index in [-0.39, 0.29) is 29.3 Å². The molecule has 1 aromatic heterocycles. The normalized spacial score (nSPS) is 11.7. The lowest BCUT2D eigenvalue weighted by molar-refractivity contribution is -0.138. The summed E-state index contributed by atoms with van der Waals surface area (Å²) in [5.74, 6) is -0.534. The molecule has 1 aromatic carbocycles. The number of hydrogen-bond donors (Lipinski definition) is 0. The quantitative estimate of drug-likeness (QED) is 0.343. The minimum absolute atomic E-state index is 0.0501. The van der Waals surface area contributed by atoms with Gasteiger partial charge in [-0.25, -0.2) is 4.79 Å². The van der Waals surface area contributed by atoms with Crippen molar-refractivity contribution >= 4 is 12.0 Å². The molecule has 0 N–H and O–H groups in total. The van der Waals surface area contributed by atoms with E-state index < -0.39 is 17.7 Å². The van der Waals surface area contributed by atoms with E-state index in [9.17, 15) is 18.0 Å². The van der Waals surface area contributed by atoms with E-state index in [1.165, 1.54) is 30.3 Å². The smallest absolute Gasteiger partial charge is 0.416 e. The van der Waals surface area contributed by atoms with Gasteiger partial charge >= 0.3 is 12.1 Å². The molecule has 1 heterocycles. The van der Waals surface area contributed by atoms with Crippen LogP contribution in [-0.2, 0) is 15.7 Å². The van der Waals surface area contributed by atoms with E-state index >= 15 is 0 Å². The van der Waals surface area contributed by atoms with Gasteiger partial charge in [0.2, 0.25) is 0 Å². The summed E-state index contributed by atoms with van der Waals surface area (Å²) in [7, 11) is 0. The average Bonchev–Trinajstić information content (AvgIpc) is 3.05. The van der Waals surface area contributed by atoms with Crippen molar-refractivity contribution in [2.45, 2.75) is 6.18 Å². The molecule has 0 saturated carbocycles. The number of halogens is 3. The first-order valence-corrected chi connectivity index (χ1v) is 7.02. The van der Waals surface area contributed by atoms with Crippen LogP contribution in [0.25, 0.3) is 17.4 Å². The first kappa shape index (κ1) is 18.1. The molecule has 2 aromatic rings. The Hall–Kier alpha value is -3.27. The number of ether oxygens (including phenoxy) is 1. The third-order valence-corrected chi connectivity index (χ3v) is 3.06. The van der Waals surface area contributed by atoms with Gasteiger partial charge in [0.1, 0.15) is 29.8 Å². The second kappa shape index (κ2) is 7.53. The van der Waals surface area contributed by atoms with E-state index in [2.05, 4.69) is 6.58 Å². The first-order chi connectivity index (χ1) is 11.8. The molecule has 0 amide bonds. The van der Waals surface area contributed by atoms with Crippen molar-refractivity contribution in [3.63, 3.8) is 0 Å². The number of nitrogens with zero attached hydrogens (tertiary/aromatic N) is 1. The summed E-state index contributed by atoms with van der Waals surface area (Å²) in [5.41, 5.74) is -0.877. The zero-order chi connectivity index (χ0) is 18.4. The van der Waals surface area contributed by atoms with Crippen LogP contribution in [0.15, 0.2) is 59.0 Å². The van der Waals surface area contributed by atoms with Gasteiger partial charge in [0.05, 0.1) is 5.56 Å². The van der Waals surface area contributed by atoms with Crippen molar-refractivity contribution in [3.8, 4) is 17.4 Å². The largest absolute Gasteiger partial charge is 0.457 e. The van der Waals surface area contributed by atoms with Crippen LogP contribution >= 0.6 is 0 Å². The van der Waals surface area contributed by atoms with Gasteiger partial charge in [0, 0.05) is 11.6 Å². The van der Waals surface area contributed by atoms with Gasteiger partial charge < -0.3 is 9.15 Å². The molecule has 2 rings (SSSR count). The number of rotatable bonds is 5. The summed E-state index contributed by atoms with van der Waals surface area (Å²) in [6.45, 7) is 3.33. The van der Waals surface area contributed by atoms with Gasteiger partial charge in [-0.1, -0.05) is 24.8 Å². The van der Waals surface area contributed by atoms with Crippen molar-refractivity contribution in [1.82, 2.24) is 0 Å². The third-order valence-electron chi connectivity index (χ3n) is 3.06. The van der Waals surface area contributed by atoms with E-state index in [0.717, 1.165) is 18.2 Å². The Morgan fingerprint density at radius 3 is 2.72 bits per heavy atom. The highest BCUT2D eigenvalue weighted by molar-refractivity contribution is 5.97. The van der Waals surface area contributed by atoms with E-state index in [1.54, 1.807) is 6.07 Å². The number of furan rings is 1. The lowest BCUT2D eigenvalue weighted by Crippen LogP contribution is -2.06. The number of nitriles is 1. The van der Waals surface area contributed by atoms with Gasteiger partial charge in [-0.05, 0) is 24.3 Å². The van der Waals surface area contributed by atoms with Crippen LogP contribution in [0.3, 0.4) is 0 Å². The molecule has 4 nitrogen and oxygen atoms in total. The first-order valence-electron chi connectivity index (χ1n) is 7.02. The van der Waals surface area contributed by atoms with Gasteiger partial charge in [0.25, 0.3) is 0 Å². The lowest BCUT2D eigenvalue weighted by atomic mass is 10.1. The second-order valence-electron chi connectivity index (χ2n) is 4.84. The Morgan fingerprint density at radius 1 is 1.32 bits per heavy atom. The minimum atomic E-state index is -4.46. The summed E-state index contributed by atoms with van der Waals surface area (Å²) in [5, 5.41) is 9.00. The Balaban J connectivity index is 2.28. The SMILES string of the molecule is C=CCOC(=O)/C(C#N)=C/c1ccc(-c2cccc(C(F)(F)F)c2)o1. The zero-order valence-electron chi connectivity index (χ0n) is 12.8. The number of carbonyl (C=O) groups excluding carboxylic acids is 1. The highest BCUT2D eigenvalue weighted by Gasteiger charge is 2.30. The topological polar surface area (TPSA) is 63.2 Å². The van der Waals surface area contributed by atoms with Gasteiger partial charge in [-0.15, -0.1) is 0 Å². The maximum absolute atomic E-state index is 12.8. The lowest BCUT2D eigenvalue weighted by Gasteiger charge is -2.07. The third kappa shape index (κ3) is 4.61. The van der Waals surface area contributed by atoms with E-state index in [4.69, 9.17) is 14.4 Å². The summed E-state index contributed by atoms with van der Waals surface area (Å²) in [4.78, 5) is 11.6. The standard InChI is InChI=1S/C18H12F3NO3/c1-2-8-24-17(23)13(11-22)10-15-6-7-16(25-15)12-4-3-5-14(9-12)18(19,20)21/h2-7,9-10H,1,8H2/b13-10+. The van der Waals surface area contributed by atoms with Gasteiger partial charge in [0.15, 0.2) is 0 Å². The van der Waals surface area contributed by atoms with Crippen molar-refractivity contribution in [2.75, 3.05) is 6.61 Å². The van der Waals surface area contributed by atoms with Crippen LogP contribution < -0.4 is 0 Å². The molecular formula is C18H12F3NO3. The molecule has 0 saturated heterocycles. The number of hydrogen-bond acceptors (Lipinski definition) is 4. The molecule has 0 radical (unpaired) electrons. The highest BCUT2D eigenvalue weighted by Crippen LogP contribution is 2.32. The minimum Gasteiger partial charge on any atom is -0.457 e. The van der Waals surface area contributed by atoms with Crippen molar-refractivity contribution in [2.24, 2.45) is 0 Å². The van der Waals surface area contributed by atoms with E-state index in [0.29, 0.717) is 0 Å². The predicted molar refractivity (Wildman–Crippen MR) is 83.9 cm³/mol. The Morgan fingerprint density at radius 2 is 2.08 bits per heavy atom. The van der Waals surface area contributed by atoms with Gasteiger partial charge in [-0.2, -0.15) is 18.4 Å². The molecule has 25 heavy (non-hydrogen) atoms. The van der Waals surface area contributed by atoms with Crippen molar-refractivity contribution in [3.05, 3.63) is 65.9 Å². The van der Waals surface area contributed by atoms with Crippen molar-refractivity contribution < 1.29 is 27.1 Å². The maximum Gasteiger partial charge on any atom is 0.416 e. The van der Waals surface area contributed by atoms with Gasteiger partial charge in [-0.3, -0.25) is 0 Å². The molecule has 0 fully saturated rings. The number of alkyl halides is 3. The molecule has 0 spiro atoms. The summed E-state index contributed by atoms with van der Waals surface area (Å²) < 4.78 is 48.4. The molecule has 0 aliphatic rings. The Bertz CT molecular complexity index is 857. The summed E-state index contributed by atoms with van der Waals surface area (Å²) in [6.07, 6.45) is -1.96. The fourth-order valence-electron chi connectivity index (χ4n) is 1.93. The zero-order valence-corrected chi connectivity index (χ0v) is 12.8. The number of benzene rings is 1. The Kier molecular flexibility index (Phi) is 5.45. The van der Waals surface area contributed by atoms with Crippen LogP contribution in [0.2, 0.25) is 0 Å². The summed E-state index contributed by atoms with van der Waals surface area (Å²) >= 11 is 0. The molecule has 0 bridgehead atoms. The number of esters is 1. The van der Waals surface area contributed by atoms with Crippen LogP contribution in [0.5, 0.6) is 0 Å². The molecule has 0 atom stereocenters. The van der Waals surface area contributed by atoms with Crippen LogP contribution in [0.4, 0.5) is 13.2 Å². The fourth-order valence-corrected chi connectivity index (χ4v) is 1.93. The fraction of sp³-hybridized carbons (Fsp3) is 0.111. The maximum atomic E-state index is 12.8. The highest BCUT2D eigenvalue weighted by atomic mass is 19.4. The molecule has 0 unspecified atom stereocenters. The molecule has 0 aliphatic heterocycles. The Labute approximate surface area is 141 Å². The van der Waals surface area contributed by atoms with Crippen LogP contribution in [-0.4, -0.2) is 12.6 Å². The second-order valence-corrected chi connectivity index (χ2v) is 4.84. The van der Waals surface area contributed by atoms with Crippen LogP contribution in [0, 0.1) is 11.3 Å². The summed E-state index contributed by atoms with van der Waals surface area (Å²) in [6, 6.07) is 9.21.